The molecule has 0 bridgehead atoms. The van der Waals surface area contributed by atoms with Gasteiger partial charge in [-0.25, -0.2) is 13.2 Å². The molecule has 0 saturated carbocycles. The normalized spacial score (nSPS) is 16.4. The third kappa shape index (κ3) is 3.95. The second kappa shape index (κ2) is 6.91. The number of amides is 1. The molecule has 1 aliphatic rings. The predicted molar refractivity (Wildman–Crippen MR) is 80.2 cm³/mol. The molecule has 1 saturated heterocycles. The predicted octanol–water partition coefficient (Wildman–Crippen LogP) is 1.78. The number of carbonyl (C=O) groups excluding carboxylic acids is 1. The summed E-state index contributed by atoms with van der Waals surface area (Å²) in [4.78, 5) is 11.6. The van der Waals surface area contributed by atoms with Gasteiger partial charge in [0.15, 0.2) is 9.84 Å². The highest BCUT2D eigenvalue weighted by Gasteiger charge is 2.28. The lowest BCUT2D eigenvalue weighted by atomic mass is 10.2. The standard InChI is InChI=1S/C14H20N2O4S/c1-2-20-14(17)16-11-3-5-12(6-4-11)21(18,19)13-7-9-15-10-8-13/h3-6,13,15H,2,7-10H2,1H3,(H,16,17). The Labute approximate surface area is 124 Å². The lowest BCUT2D eigenvalue weighted by Crippen LogP contribution is -2.35. The zero-order valence-electron chi connectivity index (χ0n) is 12.0. The third-order valence-electron chi connectivity index (χ3n) is 3.43. The number of piperidine rings is 1. The quantitative estimate of drug-likeness (QED) is 0.885. The van der Waals surface area contributed by atoms with Gasteiger partial charge >= 0.3 is 6.09 Å². The van der Waals surface area contributed by atoms with Crippen LogP contribution in [0, 0.1) is 0 Å². The van der Waals surface area contributed by atoms with Gasteiger partial charge in [0.1, 0.15) is 0 Å². The fourth-order valence-electron chi connectivity index (χ4n) is 2.31. The SMILES string of the molecule is CCOC(=O)Nc1ccc(S(=O)(=O)C2CCNCC2)cc1. The van der Waals surface area contributed by atoms with Gasteiger partial charge in [-0.3, -0.25) is 5.32 Å². The van der Waals surface area contributed by atoms with Crippen molar-refractivity contribution in [2.45, 2.75) is 29.9 Å². The first kappa shape index (κ1) is 15.8. The number of anilines is 1. The Hall–Kier alpha value is -1.60. The fourth-order valence-corrected chi connectivity index (χ4v) is 4.07. The van der Waals surface area contributed by atoms with E-state index in [4.69, 9.17) is 4.74 Å². The topological polar surface area (TPSA) is 84.5 Å². The number of benzene rings is 1. The molecule has 1 amide bonds. The van der Waals surface area contributed by atoms with Crippen LogP contribution < -0.4 is 10.6 Å². The highest BCUT2D eigenvalue weighted by Crippen LogP contribution is 2.23. The number of rotatable bonds is 4. The van der Waals surface area contributed by atoms with E-state index in [1.807, 2.05) is 0 Å². The summed E-state index contributed by atoms with van der Waals surface area (Å²) >= 11 is 0. The Kier molecular flexibility index (Phi) is 5.19. The number of sulfone groups is 1. The van der Waals surface area contributed by atoms with E-state index in [1.54, 1.807) is 19.1 Å². The highest BCUT2D eigenvalue weighted by molar-refractivity contribution is 7.92. The van der Waals surface area contributed by atoms with Crippen LogP contribution >= 0.6 is 0 Å². The van der Waals surface area contributed by atoms with Crippen molar-refractivity contribution >= 4 is 21.6 Å². The minimum atomic E-state index is -3.30. The molecule has 2 N–H and O–H groups in total. The molecule has 0 radical (unpaired) electrons. The van der Waals surface area contributed by atoms with Gasteiger partial charge in [-0.15, -0.1) is 0 Å². The largest absolute Gasteiger partial charge is 0.450 e. The van der Waals surface area contributed by atoms with Crippen molar-refractivity contribution in [2.75, 3.05) is 25.0 Å². The molecule has 0 unspecified atom stereocenters. The smallest absolute Gasteiger partial charge is 0.411 e. The zero-order valence-corrected chi connectivity index (χ0v) is 12.8. The van der Waals surface area contributed by atoms with E-state index in [1.165, 1.54) is 12.1 Å². The van der Waals surface area contributed by atoms with Crippen molar-refractivity contribution < 1.29 is 17.9 Å². The molecule has 1 heterocycles. The molecular weight excluding hydrogens is 292 g/mol. The number of hydrogen-bond donors (Lipinski definition) is 2. The Bertz CT molecular complexity index is 577. The first-order valence-corrected chi connectivity index (χ1v) is 8.57. The van der Waals surface area contributed by atoms with Crippen molar-refractivity contribution in [2.24, 2.45) is 0 Å². The fraction of sp³-hybridized carbons (Fsp3) is 0.500. The third-order valence-corrected chi connectivity index (χ3v) is 5.71. The van der Waals surface area contributed by atoms with Gasteiger partial charge in [-0.2, -0.15) is 0 Å². The monoisotopic (exact) mass is 312 g/mol. The number of ether oxygens (including phenoxy) is 1. The highest BCUT2D eigenvalue weighted by atomic mass is 32.2. The summed E-state index contributed by atoms with van der Waals surface area (Å²) in [5, 5.41) is 5.36. The molecular formula is C14H20N2O4S. The molecule has 1 fully saturated rings. The molecule has 6 nitrogen and oxygen atoms in total. The Morgan fingerprint density at radius 1 is 1.29 bits per heavy atom. The number of carbonyl (C=O) groups is 1. The van der Waals surface area contributed by atoms with Crippen molar-refractivity contribution in [1.29, 1.82) is 0 Å². The summed E-state index contributed by atoms with van der Waals surface area (Å²) < 4.78 is 29.7. The van der Waals surface area contributed by atoms with Crippen LogP contribution in [0.4, 0.5) is 10.5 Å². The molecule has 0 spiro atoms. The van der Waals surface area contributed by atoms with E-state index in [-0.39, 0.29) is 11.9 Å². The first-order valence-electron chi connectivity index (χ1n) is 7.02. The van der Waals surface area contributed by atoms with E-state index >= 15 is 0 Å². The van der Waals surface area contributed by atoms with Crippen molar-refractivity contribution in [1.82, 2.24) is 5.32 Å². The first-order chi connectivity index (χ1) is 10.0. The maximum absolute atomic E-state index is 12.5. The molecule has 0 aromatic heterocycles. The molecule has 1 aromatic rings. The molecule has 2 rings (SSSR count). The van der Waals surface area contributed by atoms with Gasteiger partial charge in [0.25, 0.3) is 0 Å². The Morgan fingerprint density at radius 3 is 2.48 bits per heavy atom. The van der Waals surface area contributed by atoms with E-state index in [0.717, 1.165) is 13.1 Å². The molecule has 116 valence electrons. The Balaban J connectivity index is 2.09. The van der Waals surface area contributed by atoms with Gasteiger partial charge in [-0.1, -0.05) is 0 Å². The summed E-state index contributed by atoms with van der Waals surface area (Å²) in [6.45, 7) is 3.46. The summed E-state index contributed by atoms with van der Waals surface area (Å²) in [5.74, 6) is 0. The zero-order chi connectivity index (χ0) is 15.3. The van der Waals surface area contributed by atoms with Crippen LogP contribution in [0.3, 0.4) is 0 Å². The van der Waals surface area contributed by atoms with E-state index < -0.39 is 15.9 Å². The lowest BCUT2D eigenvalue weighted by molar-refractivity contribution is 0.168. The van der Waals surface area contributed by atoms with Crippen LogP contribution in [0.25, 0.3) is 0 Å². The second-order valence-electron chi connectivity index (χ2n) is 4.86. The molecule has 0 aliphatic carbocycles. The Morgan fingerprint density at radius 2 is 1.90 bits per heavy atom. The second-order valence-corrected chi connectivity index (χ2v) is 7.09. The van der Waals surface area contributed by atoms with Gasteiger partial charge in [-0.05, 0) is 57.1 Å². The number of nitrogens with one attached hydrogen (secondary N) is 2. The summed E-state index contributed by atoms with van der Waals surface area (Å²) in [6.07, 6.45) is 0.711. The average molecular weight is 312 g/mol. The minimum absolute atomic E-state index is 0.286. The van der Waals surface area contributed by atoms with Crippen LogP contribution in [0.15, 0.2) is 29.2 Å². The van der Waals surface area contributed by atoms with Crippen molar-refractivity contribution in [3.8, 4) is 0 Å². The van der Waals surface area contributed by atoms with Crippen LogP contribution in [0.5, 0.6) is 0 Å². The van der Waals surface area contributed by atoms with Crippen LogP contribution in [-0.4, -0.2) is 39.5 Å². The van der Waals surface area contributed by atoms with Crippen molar-refractivity contribution in [3.63, 3.8) is 0 Å². The van der Waals surface area contributed by atoms with E-state index in [9.17, 15) is 13.2 Å². The molecule has 21 heavy (non-hydrogen) atoms. The van der Waals surface area contributed by atoms with E-state index in [2.05, 4.69) is 10.6 Å². The van der Waals surface area contributed by atoms with Crippen molar-refractivity contribution in [3.05, 3.63) is 24.3 Å². The van der Waals surface area contributed by atoms with Gasteiger partial charge < -0.3 is 10.1 Å². The van der Waals surface area contributed by atoms with Crippen LogP contribution in [0.2, 0.25) is 0 Å². The average Bonchev–Trinajstić information content (AvgIpc) is 2.49. The summed E-state index contributed by atoms with van der Waals surface area (Å²) in [7, 11) is -3.30. The van der Waals surface area contributed by atoms with E-state index in [0.29, 0.717) is 23.4 Å². The van der Waals surface area contributed by atoms with Gasteiger partial charge in [0.2, 0.25) is 0 Å². The molecule has 7 heteroatoms. The maximum atomic E-state index is 12.5. The summed E-state index contributed by atoms with van der Waals surface area (Å²) in [5.41, 5.74) is 0.512. The van der Waals surface area contributed by atoms with Gasteiger partial charge in [0.05, 0.1) is 16.8 Å². The van der Waals surface area contributed by atoms with Crippen LogP contribution in [-0.2, 0) is 14.6 Å². The molecule has 1 aliphatic heterocycles. The maximum Gasteiger partial charge on any atom is 0.411 e. The summed E-state index contributed by atoms with van der Waals surface area (Å²) in [6, 6.07) is 6.20. The minimum Gasteiger partial charge on any atom is -0.450 e. The number of hydrogen-bond acceptors (Lipinski definition) is 5. The van der Waals surface area contributed by atoms with Crippen LogP contribution in [0.1, 0.15) is 19.8 Å². The lowest BCUT2D eigenvalue weighted by Gasteiger charge is -2.22. The molecule has 1 aromatic carbocycles. The van der Waals surface area contributed by atoms with Gasteiger partial charge in [0, 0.05) is 5.69 Å². The molecule has 0 atom stereocenters.